The quantitative estimate of drug-likeness (QED) is 0.625. The van der Waals surface area contributed by atoms with Gasteiger partial charge in [-0.05, 0) is 6.07 Å². The number of fused-ring (bicyclic) bond motifs is 1. The van der Waals surface area contributed by atoms with Gasteiger partial charge in [0.1, 0.15) is 17.9 Å². The highest BCUT2D eigenvalue weighted by molar-refractivity contribution is 6.01. The largest absolute Gasteiger partial charge is 0.474 e. The van der Waals surface area contributed by atoms with Crippen molar-refractivity contribution in [1.82, 2.24) is 20.5 Å². The van der Waals surface area contributed by atoms with Gasteiger partial charge in [0.05, 0.1) is 30.7 Å². The van der Waals surface area contributed by atoms with Gasteiger partial charge >= 0.3 is 0 Å². The Morgan fingerprint density at radius 2 is 1.93 bits per heavy atom. The molecule has 2 aliphatic rings. The van der Waals surface area contributed by atoms with Crippen LogP contribution in [0.15, 0.2) is 36.5 Å². The van der Waals surface area contributed by atoms with Crippen LogP contribution in [-0.4, -0.2) is 66.1 Å². The number of hydrogen-bond donors (Lipinski definition) is 2. The SMILES string of the molecule is O=C(c1ccc(-c2n[nH]c3ccnc(OC4CCOCC4)c23)cc1)C1CNCCO1. The van der Waals surface area contributed by atoms with Crippen molar-refractivity contribution in [3.05, 3.63) is 42.1 Å². The summed E-state index contributed by atoms with van der Waals surface area (Å²) >= 11 is 0. The van der Waals surface area contributed by atoms with E-state index in [4.69, 9.17) is 14.2 Å². The fourth-order valence-electron chi connectivity index (χ4n) is 3.90. The van der Waals surface area contributed by atoms with Crippen LogP contribution in [0.3, 0.4) is 0 Å². The van der Waals surface area contributed by atoms with Crippen LogP contribution in [0.5, 0.6) is 5.88 Å². The lowest BCUT2D eigenvalue weighted by molar-refractivity contribution is 0.0244. The van der Waals surface area contributed by atoms with E-state index in [1.165, 1.54) is 0 Å². The molecule has 0 aliphatic carbocycles. The normalized spacial score (nSPS) is 20.3. The second-order valence-electron chi connectivity index (χ2n) is 7.55. The topological polar surface area (TPSA) is 98.4 Å². The average molecular weight is 408 g/mol. The van der Waals surface area contributed by atoms with Crippen LogP contribution in [0.4, 0.5) is 0 Å². The van der Waals surface area contributed by atoms with E-state index in [-0.39, 0.29) is 11.9 Å². The maximum atomic E-state index is 12.7. The average Bonchev–Trinajstić information content (AvgIpc) is 3.25. The van der Waals surface area contributed by atoms with Crippen molar-refractivity contribution in [2.45, 2.75) is 25.0 Å². The fourth-order valence-corrected chi connectivity index (χ4v) is 3.90. The zero-order chi connectivity index (χ0) is 20.3. The van der Waals surface area contributed by atoms with E-state index >= 15 is 0 Å². The Labute approximate surface area is 173 Å². The number of nitrogens with one attached hydrogen (secondary N) is 2. The first-order valence-electron chi connectivity index (χ1n) is 10.3. The molecule has 1 unspecified atom stereocenters. The minimum atomic E-state index is -0.431. The Morgan fingerprint density at radius 3 is 2.70 bits per heavy atom. The summed E-state index contributed by atoms with van der Waals surface area (Å²) in [5.74, 6) is 0.566. The highest BCUT2D eigenvalue weighted by Crippen LogP contribution is 2.33. The smallest absolute Gasteiger partial charge is 0.225 e. The number of carbonyl (C=O) groups is 1. The molecule has 0 spiro atoms. The summed E-state index contributed by atoms with van der Waals surface area (Å²) in [5.41, 5.74) is 3.15. The second kappa shape index (κ2) is 8.51. The summed E-state index contributed by atoms with van der Waals surface area (Å²) in [5, 5.41) is 11.6. The molecule has 2 aliphatic heterocycles. The van der Waals surface area contributed by atoms with Crippen LogP contribution < -0.4 is 10.1 Å². The molecule has 3 aromatic rings. The molecule has 0 saturated carbocycles. The van der Waals surface area contributed by atoms with Gasteiger partial charge < -0.3 is 19.5 Å². The van der Waals surface area contributed by atoms with Crippen molar-refractivity contribution >= 4 is 16.7 Å². The van der Waals surface area contributed by atoms with Gasteiger partial charge in [-0.2, -0.15) is 5.10 Å². The van der Waals surface area contributed by atoms with Crippen molar-refractivity contribution in [1.29, 1.82) is 0 Å². The van der Waals surface area contributed by atoms with Crippen molar-refractivity contribution < 1.29 is 19.0 Å². The predicted octanol–water partition coefficient (Wildman–Crippen LogP) is 2.35. The lowest BCUT2D eigenvalue weighted by atomic mass is 10.0. The predicted molar refractivity (Wildman–Crippen MR) is 111 cm³/mol. The molecule has 8 nitrogen and oxygen atoms in total. The molecular formula is C22H24N4O4. The van der Waals surface area contributed by atoms with Gasteiger partial charge in [-0.3, -0.25) is 9.89 Å². The number of carbonyl (C=O) groups excluding carboxylic acids is 1. The molecule has 1 atom stereocenters. The zero-order valence-electron chi connectivity index (χ0n) is 16.6. The Kier molecular flexibility index (Phi) is 5.44. The number of ether oxygens (including phenoxy) is 3. The molecule has 5 rings (SSSR count). The van der Waals surface area contributed by atoms with E-state index in [2.05, 4.69) is 20.5 Å². The van der Waals surface area contributed by atoms with Crippen LogP contribution in [0.25, 0.3) is 22.2 Å². The Bertz CT molecular complexity index is 1020. The number of morpholine rings is 1. The number of hydrogen-bond acceptors (Lipinski definition) is 7. The molecule has 0 bridgehead atoms. The number of Topliss-reactive ketones (excluding diaryl/α,β-unsaturated/α-hetero) is 1. The molecular weight excluding hydrogens is 384 g/mol. The summed E-state index contributed by atoms with van der Waals surface area (Å²) in [6, 6.07) is 9.35. The molecule has 2 N–H and O–H groups in total. The van der Waals surface area contributed by atoms with E-state index in [0.717, 1.165) is 41.5 Å². The maximum Gasteiger partial charge on any atom is 0.225 e. The Balaban J connectivity index is 1.42. The number of aromatic amines is 1. The van der Waals surface area contributed by atoms with E-state index in [1.807, 2.05) is 30.3 Å². The first-order chi connectivity index (χ1) is 14.8. The number of ketones is 1. The van der Waals surface area contributed by atoms with Gasteiger partial charge in [0.2, 0.25) is 5.88 Å². The van der Waals surface area contributed by atoms with Crippen LogP contribution in [0.1, 0.15) is 23.2 Å². The van der Waals surface area contributed by atoms with Gasteiger partial charge in [-0.15, -0.1) is 0 Å². The number of benzene rings is 1. The van der Waals surface area contributed by atoms with E-state index < -0.39 is 6.10 Å². The molecule has 30 heavy (non-hydrogen) atoms. The lowest BCUT2D eigenvalue weighted by Gasteiger charge is -2.23. The number of aromatic nitrogens is 3. The van der Waals surface area contributed by atoms with E-state index in [0.29, 0.717) is 37.8 Å². The van der Waals surface area contributed by atoms with Crippen molar-refractivity contribution in [2.75, 3.05) is 32.9 Å². The molecule has 0 amide bonds. The summed E-state index contributed by atoms with van der Waals surface area (Å²) in [6.07, 6.45) is 3.07. The molecule has 8 heteroatoms. The standard InChI is InChI=1S/C22H24N4O4/c27-21(18-13-23-9-12-29-18)15-3-1-14(2-4-15)20-19-17(25-26-20)5-8-24-22(19)30-16-6-10-28-11-7-16/h1-5,8,16,18,23H,6-7,9-13H2,(H,25,26). The molecule has 2 aromatic heterocycles. The molecule has 0 radical (unpaired) electrons. The van der Waals surface area contributed by atoms with Gasteiger partial charge in [-0.25, -0.2) is 4.98 Å². The third kappa shape index (κ3) is 3.81. The summed E-state index contributed by atoms with van der Waals surface area (Å²) in [6.45, 7) is 3.28. The lowest BCUT2D eigenvalue weighted by Crippen LogP contribution is -2.43. The molecule has 156 valence electrons. The van der Waals surface area contributed by atoms with Gasteiger partial charge in [0.15, 0.2) is 5.78 Å². The van der Waals surface area contributed by atoms with Crippen LogP contribution in [-0.2, 0) is 9.47 Å². The first-order valence-corrected chi connectivity index (χ1v) is 10.3. The second-order valence-corrected chi connectivity index (χ2v) is 7.55. The summed E-state index contributed by atoms with van der Waals surface area (Å²) in [4.78, 5) is 17.1. The number of rotatable bonds is 5. The molecule has 4 heterocycles. The van der Waals surface area contributed by atoms with Crippen molar-refractivity contribution in [2.24, 2.45) is 0 Å². The van der Waals surface area contributed by atoms with Crippen LogP contribution >= 0.6 is 0 Å². The van der Waals surface area contributed by atoms with Crippen molar-refractivity contribution in [3.63, 3.8) is 0 Å². The number of nitrogens with zero attached hydrogens (tertiary/aromatic N) is 2. The minimum Gasteiger partial charge on any atom is -0.474 e. The van der Waals surface area contributed by atoms with Gasteiger partial charge in [-0.1, -0.05) is 24.3 Å². The monoisotopic (exact) mass is 408 g/mol. The molecule has 2 saturated heterocycles. The van der Waals surface area contributed by atoms with Crippen LogP contribution in [0.2, 0.25) is 0 Å². The van der Waals surface area contributed by atoms with Crippen LogP contribution in [0, 0.1) is 0 Å². The molecule has 2 fully saturated rings. The van der Waals surface area contributed by atoms with E-state index in [9.17, 15) is 4.79 Å². The molecule has 1 aromatic carbocycles. The van der Waals surface area contributed by atoms with Crippen molar-refractivity contribution in [3.8, 4) is 17.1 Å². The summed E-state index contributed by atoms with van der Waals surface area (Å²) in [7, 11) is 0. The first kappa shape index (κ1) is 19.2. The Hall–Kier alpha value is -2.81. The number of pyridine rings is 1. The maximum absolute atomic E-state index is 12.7. The number of H-pyrrole nitrogens is 1. The zero-order valence-corrected chi connectivity index (χ0v) is 16.6. The third-order valence-electron chi connectivity index (χ3n) is 5.55. The van der Waals surface area contributed by atoms with E-state index in [1.54, 1.807) is 6.20 Å². The summed E-state index contributed by atoms with van der Waals surface area (Å²) < 4.78 is 17.2. The third-order valence-corrected chi connectivity index (χ3v) is 5.55. The fraction of sp³-hybridized carbons (Fsp3) is 0.409. The Morgan fingerprint density at radius 1 is 1.10 bits per heavy atom. The van der Waals surface area contributed by atoms with Gasteiger partial charge in [0, 0.05) is 43.3 Å². The van der Waals surface area contributed by atoms with Gasteiger partial charge in [0.25, 0.3) is 0 Å². The minimum absolute atomic E-state index is 0.00848. The highest BCUT2D eigenvalue weighted by atomic mass is 16.5. The highest BCUT2D eigenvalue weighted by Gasteiger charge is 2.24.